The van der Waals surface area contributed by atoms with E-state index in [-0.39, 0.29) is 85.1 Å². The predicted molar refractivity (Wildman–Crippen MR) is 288 cm³/mol. The first-order valence-electron chi connectivity index (χ1n) is 22.9. The van der Waals surface area contributed by atoms with Crippen molar-refractivity contribution in [2.45, 2.75) is 63.0 Å². The molecular weight excluding hydrogens is 1120 g/mol. The molecule has 0 bridgehead atoms. The molecule has 3 saturated heterocycles. The highest BCUT2D eigenvalue weighted by molar-refractivity contribution is 8.00. The summed E-state index contributed by atoms with van der Waals surface area (Å²) in [6.07, 6.45) is 4.80. The van der Waals surface area contributed by atoms with Gasteiger partial charge in [0.15, 0.2) is 22.4 Å². The van der Waals surface area contributed by atoms with E-state index in [1.807, 2.05) is 19.9 Å². The van der Waals surface area contributed by atoms with Gasteiger partial charge in [-0.15, -0.1) is 0 Å². The number of aliphatic hydroxyl groups excluding tert-OH is 2. The molecule has 0 saturated carbocycles. The minimum atomic E-state index is -4.02. The van der Waals surface area contributed by atoms with E-state index in [0.717, 1.165) is 11.1 Å². The molecule has 0 aliphatic carbocycles. The number of thioether (sulfide) groups is 3. The van der Waals surface area contributed by atoms with E-state index in [1.165, 1.54) is 80.2 Å². The van der Waals surface area contributed by atoms with Crippen molar-refractivity contribution in [3.63, 3.8) is 0 Å². The Morgan fingerprint density at radius 2 is 1.17 bits per heavy atom. The number of nitrogens with one attached hydrogen (secondary N) is 3. The maximum absolute atomic E-state index is 12.1. The standard InChI is InChI=1S/C17H17N3O5S.2C8H11N3O3S.2C7H8O3S/c1-11(21)18-13-7-8-20(17(23)19-13)14-9-24-15(26-14)10-25-16(22)12-5-3-2-4-6-12;2*9-5-1-2-11(8(13)10-5)6-4-14-7(3-12)15-6;2*1-6-2-4-7(5-3-6)11(8,9)10/h2-8,14-15H,9-10H2,1H3,(H,18,19,21,23);2*1-2,6-7,12H,3-4H2,(H2,9,10,13);2*2-5H,1H3,(H,8,9,10)/p+2/t;2*6-,7-;;/m.10../s1. The number of esters is 1. The van der Waals surface area contributed by atoms with Crippen molar-refractivity contribution in [2.24, 2.45) is 0 Å². The van der Waals surface area contributed by atoms with Crippen LogP contribution in [0.1, 0.15) is 44.5 Å². The van der Waals surface area contributed by atoms with Crippen LogP contribution in [0.2, 0.25) is 0 Å². The Bertz CT molecular complexity index is 3210. The van der Waals surface area contributed by atoms with Crippen LogP contribution in [0.3, 0.4) is 0 Å². The van der Waals surface area contributed by atoms with Gasteiger partial charge in [0.1, 0.15) is 46.5 Å². The lowest BCUT2D eigenvalue weighted by Gasteiger charge is -2.12. The minimum absolute atomic E-state index is 0.0470. The zero-order valence-electron chi connectivity index (χ0n) is 41.8. The van der Waals surface area contributed by atoms with Gasteiger partial charge in [0.2, 0.25) is 5.91 Å². The van der Waals surface area contributed by atoms with Crippen LogP contribution in [0, 0.1) is 13.8 Å². The van der Waals surface area contributed by atoms with Crippen LogP contribution in [-0.2, 0) is 44.0 Å². The molecule has 9 rings (SSSR count). The molecule has 31 heteroatoms. The number of aromatic nitrogens is 6. The van der Waals surface area contributed by atoms with Crippen LogP contribution in [0.5, 0.6) is 0 Å². The zero-order valence-corrected chi connectivity index (χ0v) is 45.8. The summed E-state index contributed by atoms with van der Waals surface area (Å²) in [6.45, 7) is 6.13. The molecule has 2 unspecified atom stereocenters. The van der Waals surface area contributed by atoms with Gasteiger partial charge in [-0.3, -0.25) is 18.5 Å². The summed E-state index contributed by atoms with van der Waals surface area (Å²) < 4.78 is 84.9. The molecule has 420 valence electrons. The summed E-state index contributed by atoms with van der Waals surface area (Å²) in [5.41, 5.74) is 11.4. The number of hydrogen-bond donors (Lipinski definition) is 9. The number of carbonyl (C=O) groups is 2. The highest BCUT2D eigenvalue weighted by atomic mass is 32.2. The van der Waals surface area contributed by atoms with Gasteiger partial charge in [-0.1, -0.05) is 88.9 Å². The summed E-state index contributed by atoms with van der Waals surface area (Å²) in [7, 11) is -8.04. The fourth-order valence-electron chi connectivity index (χ4n) is 6.52. The number of anilines is 3. The number of aliphatic hydroxyl groups is 2. The smallest absolute Gasteiger partial charge is 0.458 e. The highest BCUT2D eigenvalue weighted by Gasteiger charge is 2.33. The van der Waals surface area contributed by atoms with Crippen LogP contribution < -0.4 is 43.0 Å². The number of ether oxygens (including phenoxy) is 4. The van der Waals surface area contributed by atoms with Crippen LogP contribution in [0.25, 0.3) is 0 Å². The lowest BCUT2D eigenvalue weighted by atomic mass is 10.2. The Labute approximate surface area is 459 Å². The molecular formula is C47H57N9O17S5+2. The summed E-state index contributed by atoms with van der Waals surface area (Å²) in [6, 6.07) is 25.5. The molecule has 11 N–H and O–H groups in total. The van der Waals surface area contributed by atoms with E-state index in [4.69, 9.17) is 49.7 Å². The second-order valence-electron chi connectivity index (χ2n) is 16.4. The topological polar surface area (TPSA) is 393 Å². The van der Waals surface area contributed by atoms with Crippen molar-refractivity contribution >= 4 is 84.9 Å². The molecule has 26 nitrogen and oxygen atoms in total. The van der Waals surface area contributed by atoms with Crippen molar-refractivity contribution in [2.75, 3.05) is 56.4 Å². The fourth-order valence-corrected chi connectivity index (χ4v) is 10.7. The number of nitrogen functional groups attached to an aromatic ring is 2. The number of benzene rings is 3. The van der Waals surface area contributed by atoms with Crippen molar-refractivity contribution in [3.8, 4) is 0 Å². The minimum Gasteiger partial charge on any atom is -0.458 e. The summed E-state index contributed by atoms with van der Waals surface area (Å²) in [4.78, 5) is 66.8. The number of aryl methyl sites for hydroxylation is 2. The van der Waals surface area contributed by atoms with Crippen LogP contribution in [0.15, 0.2) is 140 Å². The summed E-state index contributed by atoms with van der Waals surface area (Å²) in [5, 5.41) is 19.7. The molecule has 3 aliphatic rings. The van der Waals surface area contributed by atoms with Gasteiger partial charge in [-0.25, -0.2) is 9.59 Å². The Morgan fingerprint density at radius 3 is 1.56 bits per heavy atom. The number of nitrogens with zero attached hydrogens (tertiary/aromatic N) is 4. The molecule has 3 fully saturated rings. The average Bonchev–Trinajstić information content (AvgIpc) is 4.20. The van der Waals surface area contributed by atoms with Crippen LogP contribution >= 0.6 is 35.3 Å². The quantitative estimate of drug-likeness (QED) is 0.0507. The monoisotopic (exact) mass is 1180 g/mol. The van der Waals surface area contributed by atoms with Gasteiger partial charge in [-0.05, 0) is 56.3 Å². The Kier molecular flexibility index (Phi) is 23.6. The Balaban J connectivity index is 0.000000188. The van der Waals surface area contributed by atoms with Gasteiger partial charge in [0, 0.05) is 25.3 Å². The van der Waals surface area contributed by atoms with E-state index in [2.05, 4.69) is 20.3 Å². The molecule has 6 heterocycles. The predicted octanol–water partition coefficient (Wildman–Crippen LogP) is 1.78. The third-order valence-corrected chi connectivity index (χ3v) is 15.9. The number of hydrogen-bond acceptors (Lipinski definition) is 21. The molecule has 1 amide bonds. The third kappa shape index (κ3) is 19.8. The van der Waals surface area contributed by atoms with Crippen molar-refractivity contribution < 1.29 is 73.8 Å². The molecule has 6 aromatic rings. The number of H-pyrrole nitrogens is 2. The summed E-state index contributed by atoms with van der Waals surface area (Å²) >= 11 is 4.20. The SMILES string of the molecule is CC(=O)Nc1ccn(C2COC(COC(=O)c3ccccc3)S2)c(=O)n1.Cc1ccc(S(=O)(=O)O)cc1.Cc1ccc(S(=O)(=O)O)cc1.Nc1cc[n+]([C@@H]2CO[C@H](CO)S2)c(=O)[nH]1.Nc1cc[n+]([C@H]2CO[C@@H](CO)S2)c(=O)[nH]1. The van der Waals surface area contributed by atoms with Gasteiger partial charge in [0.05, 0.1) is 48.4 Å². The molecule has 3 aromatic heterocycles. The third-order valence-electron chi connectivity index (χ3n) is 10.4. The number of carbonyl (C=O) groups excluding carboxylic acids is 2. The van der Waals surface area contributed by atoms with Gasteiger partial charge in [-0.2, -0.15) is 50.5 Å². The van der Waals surface area contributed by atoms with E-state index in [9.17, 15) is 40.8 Å². The van der Waals surface area contributed by atoms with Crippen LogP contribution in [-0.4, -0.2) is 123 Å². The molecule has 3 aromatic carbocycles. The average molecular weight is 1180 g/mol. The summed E-state index contributed by atoms with van der Waals surface area (Å²) in [5.74, 6) is 0.152. The Hall–Kier alpha value is -6.49. The molecule has 6 atom stereocenters. The fraction of sp³-hybridized carbons (Fsp3) is 0.319. The first-order valence-corrected chi connectivity index (χ1v) is 28.6. The number of nitrogens with two attached hydrogens (primary N) is 2. The number of rotatable bonds is 11. The van der Waals surface area contributed by atoms with Gasteiger partial charge >= 0.3 is 23.0 Å². The second-order valence-corrected chi connectivity index (χ2v) is 23.2. The number of aromatic amines is 2. The molecule has 0 radical (unpaired) electrons. The normalized spacial score (nSPS) is 19.5. The maximum atomic E-state index is 12.1. The van der Waals surface area contributed by atoms with Gasteiger partial charge < -0.3 is 45.9 Å². The lowest BCUT2D eigenvalue weighted by Crippen LogP contribution is -2.53. The largest absolute Gasteiger partial charge is 0.498 e. The molecule has 78 heavy (non-hydrogen) atoms. The van der Waals surface area contributed by atoms with Gasteiger partial charge in [0.25, 0.3) is 20.2 Å². The maximum Gasteiger partial charge on any atom is 0.498 e. The van der Waals surface area contributed by atoms with E-state index in [1.54, 1.807) is 85.3 Å². The zero-order chi connectivity index (χ0) is 57.2. The van der Waals surface area contributed by atoms with Crippen molar-refractivity contribution in [1.82, 2.24) is 19.5 Å². The number of amides is 1. The molecule has 3 aliphatic heterocycles. The van der Waals surface area contributed by atoms with Crippen molar-refractivity contribution in [1.29, 1.82) is 0 Å². The van der Waals surface area contributed by atoms with E-state index in [0.29, 0.717) is 37.0 Å². The Morgan fingerprint density at radius 1 is 0.705 bits per heavy atom. The first-order chi connectivity index (χ1) is 36.9. The highest BCUT2D eigenvalue weighted by Crippen LogP contribution is 2.35. The lowest BCUT2D eigenvalue weighted by molar-refractivity contribution is -0.716. The van der Waals surface area contributed by atoms with Crippen LogP contribution in [0.4, 0.5) is 17.5 Å². The first kappa shape index (κ1) is 62.4. The second kappa shape index (κ2) is 29.5. The van der Waals surface area contributed by atoms with E-state index < -0.39 is 31.9 Å². The van der Waals surface area contributed by atoms with E-state index >= 15 is 0 Å². The molecule has 0 spiro atoms. The van der Waals surface area contributed by atoms with Crippen molar-refractivity contribution in [3.05, 3.63) is 164 Å².